The van der Waals surface area contributed by atoms with E-state index >= 15 is 0 Å². The number of rotatable bonds is 3. The molecule has 0 heterocycles. The van der Waals surface area contributed by atoms with E-state index < -0.39 is 15.8 Å². The number of halogens is 1. The average molecular weight is 304 g/mol. The van der Waals surface area contributed by atoms with Gasteiger partial charge >= 0.3 is 0 Å². The molecule has 2 aromatic carbocycles. The molecule has 2 rings (SSSR count). The van der Waals surface area contributed by atoms with Crippen molar-refractivity contribution in [2.24, 2.45) is 5.73 Å². The van der Waals surface area contributed by atoms with Crippen LogP contribution >= 0.6 is 0 Å². The van der Waals surface area contributed by atoms with Gasteiger partial charge in [-0.3, -0.25) is 4.72 Å². The minimum Gasteiger partial charge on any atom is -0.320 e. The Kier molecular flexibility index (Phi) is 4.58. The van der Waals surface area contributed by atoms with Gasteiger partial charge in [0, 0.05) is 5.56 Å². The molecular formula is C15H13FN2O2S. The third-order valence-corrected chi connectivity index (χ3v) is 3.96. The molecule has 0 spiro atoms. The highest BCUT2D eigenvalue weighted by molar-refractivity contribution is 7.92. The van der Waals surface area contributed by atoms with E-state index in [0.717, 1.165) is 0 Å². The molecule has 0 saturated carbocycles. The van der Waals surface area contributed by atoms with Crippen LogP contribution in [-0.2, 0) is 10.0 Å². The monoisotopic (exact) mass is 304 g/mol. The zero-order chi connectivity index (χ0) is 15.3. The van der Waals surface area contributed by atoms with Gasteiger partial charge in [-0.05, 0) is 30.3 Å². The van der Waals surface area contributed by atoms with Crippen LogP contribution in [0.5, 0.6) is 0 Å². The summed E-state index contributed by atoms with van der Waals surface area (Å²) in [5.41, 5.74) is 5.70. The molecule has 3 N–H and O–H groups in total. The summed E-state index contributed by atoms with van der Waals surface area (Å²) >= 11 is 0. The zero-order valence-electron chi connectivity index (χ0n) is 11.0. The summed E-state index contributed by atoms with van der Waals surface area (Å²) in [4.78, 5) is 0.00887. The molecule has 108 valence electrons. The van der Waals surface area contributed by atoms with E-state index in [1.165, 1.54) is 30.3 Å². The molecule has 0 aliphatic heterocycles. The third-order valence-electron chi connectivity index (χ3n) is 2.60. The van der Waals surface area contributed by atoms with Gasteiger partial charge < -0.3 is 5.73 Å². The molecule has 0 bridgehead atoms. The first-order valence-electron chi connectivity index (χ1n) is 6.09. The van der Waals surface area contributed by atoms with Crippen LogP contribution in [0.2, 0.25) is 0 Å². The van der Waals surface area contributed by atoms with Crippen molar-refractivity contribution in [1.82, 2.24) is 0 Å². The Hall–Kier alpha value is -2.36. The number of hydrogen-bond acceptors (Lipinski definition) is 3. The molecule has 2 aromatic rings. The van der Waals surface area contributed by atoms with Crippen molar-refractivity contribution in [3.63, 3.8) is 0 Å². The Labute approximate surface area is 122 Å². The molecule has 0 aromatic heterocycles. The van der Waals surface area contributed by atoms with E-state index in [-0.39, 0.29) is 17.1 Å². The summed E-state index contributed by atoms with van der Waals surface area (Å²) in [5.74, 6) is 4.76. The van der Waals surface area contributed by atoms with E-state index in [0.29, 0.717) is 5.56 Å². The molecule has 0 radical (unpaired) electrons. The number of para-hydroxylation sites is 1. The lowest BCUT2D eigenvalue weighted by atomic mass is 10.2. The normalized spacial score (nSPS) is 10.6. The summed E-state index contributed by atoms with van der Waals surface area (Å²) in [6.45, 7) is 0.185. The van der Waals surface area contributed by atoms with E-state index in [2.05, 4.69) is 16.6 Å². The second-order valence-electron chi connectivity index (χ2n) is 4.12. The number of nitrogens with one attached hydrogen (secondary N) is 1. The summed E-state index contributed by atoms with van der Waals surface area (Å²) in [7, 11) is -3.87. The molecular weight excluding hydrogens is 291 g/mol. The van der Waals surface area contributed by atoms with Gasteiger partial charge in [0.1, 0.15) is 5.82 Å². The largest absolute Gasteiger partial charge is 0.320 e. The van der Waals surface area contributed by atoms with Crippen LogP contribution in [0.1, 0.15) is 5.56 Å². The molecule has 21 heavy (non-hydrogen) atoms. The van der Waals surface area contributed by atoms with Crippen LogP contribution in [0, 0.1) is 17.7 Å². The maximum absolute atomic E-state index is 13.5. The quantitative estimate of drug-likeness (QED) is 0.851. The molecule has 0 aliphatic carbocycles. The standard InChI is InChI=1S/C15H13FN2O2S/c16-14-8-1-2-9-15(14)18-21(19,20)13-7-3-5-12(11-13)6-4-10-17/h1-3,5,7-9,11,18H,10,17H2. The predicted molar refractivity (Wildman–Crippen MR) is 79.6 cm³/mol. The van der Waals surface area contributed by atoms with E-state index in [1.807, 2.05) is 0 Å². The van der Waals surface area contributed by atoms with Gasteiger partial charge in [0.15, 0.2) is 0 Å². The topological polar surface area (TPSA) is 72.2 Å². The first-order chi connectivity index (χ1) is 10.0. The fraction of sp³-hybridized carbons (Fsp3) is 0.0667. The van der Waals surface area contributed by atoms with Crippen molar-refractivity contribution in [3.8, 4) is 11.8 Å². The van der Waals surface area contributed by atoms with Gasteiger partial charge in [-0.25, -0.2) is 12.8 Å². The molecule has 4 nitrogen and oxygen atoms in total. The second-order valence-corrected chi connectivity index (χ2v) is 5.80. The molecule has 0 unspecified atom stereocenters. The lowest BCUT2D eigenvalue weighted by Crippen LogP contribution is -2.14. The molecule has 0 amide bonds. The SMILES string of the molecule is NCC#Cc1cccc(S(=O)(=O)Nc2ccccc2F)c1. The summed E-state index contributed by atoms with van der Waals surface area (Å²) < 4.78 is 40.2. The number of anilines is 1. The minimum atomic E-state index is -3.87. The Balaban J connectivity index is 2.34. The maximum Gasteiger partial charge on any atom is 0.262 e. The average Bonchev–Trinajstić information content (AvgIpc) is 2.48. The van der Waals surface area contributed by atoms with Gasteiger partial charge in [-0.2, -0.15) is 0 Å². The van der Waals surface area contributed by atoms with Gasteiger partial charge in [0.25, 0.3) is 10.0 Å². The van der Waals surface area contributed by atoms with Crippen molar-refractivity contribution < 1.29 is 12.8 Å². The summed E-state index contributed by atoms with van der Waals surface area (Å²) in [6.07, 6.45) is 0. The van der Waals surface area contributed by atoms with Crippen LogP contribution in [0.4, 0.5) is 10.1 Å². The molecule has 0 aliphatic rings. The summed E-state index contributed by atoms with van der Waals surface area (Å²) in [5, 5.41) is 0. The van der Waals surface area contributed by atoms with E-state index in [9.17, 15) is 12.8 Å². The number of hydrogen-bond donors (Lipinski definition) is 2. The zero-order valence-corrected chi connectivity index (χ0v) is 11.8. The molecule has 0 atom stereocenters. The first-order valence-corrected chi connectivity index (χ1v) is 7.57. The smallest absolute Gasteiger partial charge is 0.262 e. The number of sulfonamides is 1. The van der Waals surface area contributed by atoms with Crippen LogP contribution < -0.4 is 10.5 Å². The van der Waals surface area contributed by atoms with Gasteiger partial charge in [-0.1, -0.05) is 30.0 Å². The highest BCUT2D eigenvalue weighted by Gasteiger charge is 2.16. The second kappa shape index (κ2) is 6.39. The van der Waals surface area contributed by atoms with Crippen molar-refractivity contribution in [3.05, 3.63) is 59.9 Å². The molecule has 0 fully saturated rings. The Morgan fingerprint density at radius 1 is 1.14 bits per heavy atom. The van der Waals surface area contributed by atoms with Crippen molar-refractivity contribution in [2.75, 3.05) is 11.3 Å². The van der Waals surface area contributed by atoms with Gasteiger partial charge in [0.05, 0.1) is 17.1 Å². The third kappa shape index (κ3) is 3.81. The molecule has 6 heteroatoms. The Morgan fingerprint density at radius 2 is 1.90 bits per heavy atom. The minimum absolute atomic E-state index is 0.00887. The predicted octanol–water partition coefficient (Wildman–Crippen LogP) is 1.94. The van der Waals surface area contributed by atoms with Crippen LogP contribution in [0.25, 0.3) is 0 Å². The fourth-order valence-corrected chi connectivity index (χ4v) is 2.75. The van der Waals surface area contributed by atoms with Crippen LogP contribution in [0.15, 0.2) is 53.4 Å². The highest BCUT2D eigenvalue weighted by atomic mass is 32.2. The lowest BCUT2D eigenvalue weighted by molar-refractivity contribution is 0.598. The van der Waals surface area contributed by atoms with Crippen molar-refractivity contribution in [2.45, 2.75) is 4.90 Å². The van der Waals surface area contributed by atoms with E-state index in [4.69, 9.17) is 5.73 Å². The molecule has 0 saturated heterocycles. The van der Waals surface area contributed by atoms with Crippen LogP contribution in [0.3, 0.4) is 0 Å². The van der Waals surface area contributed by atoms with Crippen molar-refractivity contribution >= 4 is 15.7 Å². The highest BCUT2D eigenvalue weighted by Crippen LogP contribution is 2.19. The van der Waals surface area contributed by atoms with E-state index in [1.54, 1.807) is 18.2 Å². The number of nitrogens with two attached hydrogens (primary N) is 1. The van der Waals surface area contributed by atoms with Gasteiger partial charge in [0.2, 0.25) is 0 Å². The van der Waals surface area contributed by atoms with Gasteiger partial charge in [-0.15, -0.1) is 0 Å². The first kappa shape index (κ1) is 15.0. The number of benzene rings is 2. The Bertz CT molecular complexity index is 808. The maximum atomic E-state index is 13.5. The summed E-state index contributed by atoms with van der Waals surface area (Å²) in [6, 6.07) is 11.6. The van der Waals surface area contributed by atoms with Crippen molar-refractivity contribution in [1.29, 1.82) is 0 Å². The fourth-order valence-electron chi connectivity index (χ4n) is 1.64. The van der Waals surface area contributed by atoms with Crippen LogP contribution in [-0.4, -0.2) is 15.0 Å². The Morgan fingerprint density at radius 3 is 2.62 bits per heavy atom. The lowest BCUT2D eigenvalue weighted by Gasteiger charge is -2.09.